The summed E-state index contributed by atoms with van der Waals surface area (Å²) in [6.07, 6.45) is -2.71. The largest absolute Gasteiger partial charge is 0.451 e. The number of piperazine rings is 1. The molecule has 12 heteroatoms. The Labute approximate surface area is 225 Å². The Balaban J connectivity index is 1.22. The van der Waals surface area contributed by atoms with Gasteiger partial charge in [0.2, 0.25) is 11.7 Å². The summed E-state index contributed by atoms with van der Waals surface area (Å²) in [5, 5.41) is 11.9. The third-order valence-electron chi connectivity index (χ3n) is 7.64. The van der Waals surface area contributed by atoms with Gasteiger partial charge < -0.3 is 19.9 Å². The molecule has 9 nitrogen and oxygen atoms in total. The van der Waals surface area contributed by atoms with Crippen LogP contribution in [0.5, 0.6) is 0 Å². The van der Waals surface area contributed by atoms with Crippen molar-refractivity contribution in [1.29, 1.82) is 5.26 Å². The third kappa shape index (κ3) is 6.59. The maximum atomic E-state index is 13.8. The van der Waals surface area contributed by atoms with Gasteiger partial charge in [-0.05, 0) is 37.0 Å². The van der Waals surface area contributed by atoms with E-state index in [1.54, 1.807) is 23.1 Å². The number of rotatable bonds is 7. The van der Waals surface area contributed by atoms with Crippen LogP contribution >= 0.6 is 0 Å². The molecule has 1 atom stereocenters. The van der Waals surface area contributed by atoms with Crippen molar-refractivity contribution in [3.63, 3.8) is 0 Å². The van der Waals surface area contributed by atoms with E-state index in [4.69, 9.17) is 10.00 Å². The minimum atomic E-state index is -4.67. The number of hydrogen-bond acceptors (Lipinski definition) is 8. The highest BCUT2D eigenvalue weighted by atomic mass is 19.4. The van der Waals surface area contributed by atoms with Gasteiger partial charge in [-0.2, -0.15) is 18.4 Å². The van der Waals surface area contributed by atoms with Crippen LogP contribution in [-0.2, 0) is 22.1 Å². The lowest BCUT2D eigenvalue weighted by Crippen LogP contribution is -2.56. The standard InChI is InChI=1S/C27H32F3N7O2/c28-27(29,30)26-33-23(36-12-10-35(11-13-36)22-17-39-18-22)14-24(34-26)37-9-1-2-21(16-37)25(38)32-8-7-19-3-5-20(15-31)6-4-19/h3-6,14,21-22H,1-2,7-13,16-18H2,(H,32,38)/t21-/m1/s1. The van der Waals surface area contributed by atoms with E-state index in [2.05, 4.69) is 26.3 Å². The fourth-order valence-corrected chi connectivity index (χ4v) is 5.24. The van der Waals surface area contributed by atoms with E-state index in [0.29, 0.717) is 76.8 Å². The van der Waals surface area contributed by atoms with Crippen molar-refractivity contribution in [2.45, 2.75) is 31.5 Å². The van der Waals surface area contributed by atoms with Gasteiger partial charge in [-0.15, -0.1) is 0 Å². The molecule has 0 radical (unpaired) electrons. The average Bonchev–Trinajstić information content (AvgIpc) is 2.92. The molecule has 3 fully saturated rings. The quantitative estimate of drug-likeness (QED) is 0.569. The van der Waals surface area contributed by atoms with Crippen molar-refractivity contribution in [2.24, 2.45) is 5.92 Å². The van der Waals surface area contributed by atoms with Gasteiger partial charge in [0.25, 0.3) is 0 Å². The normalized spacial score (nSPS) is 20.8. The van der Waals surface area contributed by atoms with E-state index >= 15 is 0 Å². The maximum Gasteiger partial charge on any atom is 0.451 e. The first-order valence-electron chi connectivity index (χ1n) is 13.3. The number of nitrogens with zero attached hydrogens (tertiary/aromatic N) is 6. The van der Waals surface area contributed by atoms with E-state index in [9.17, 15) is 18.0 Å². The van der Waals surface area contributed by atoms with Crippen molar-refractivity contribution >= 4 is 17.5 Å². The predicted octanol–water partition coefficient (Wildman–Crippen LogP) is 2.46. The van der Waals surface area contributed by atoms with E-state index in [1.807, 2.05) is 17.0 Å². The Morgan fingerprint density at radius 2 is 1.74 bits per heavy atom. The maximum absolute atomic E-state index is 13.8. The van der Waals surface area contributed by atoms with Crippen LogP contribution in [0.25, 0.3) is 0 Å². The van der Waals surface area contributed by atoms with Crippen molar-refractivity contribution < 1.29 is 22.7 Å². The van der Waals surface area contributed by atoms with Crippen molar-refractivity contribution in [1.82, 2.24) is 20.2 Å². The molecule has 208 valence electrons. The third-order valence-corrected chi connectivity index (χ3v) is 7.64. The summed E-state index contributed by atoms with van der Waals surface area (Å²) >= 11 is 0. The van der Waals surface area contributed by atoms with Gasteiger partial charge in [0.05, 0.1) is 36.8 Å². The molecule has 4 heterocycles. The molecule has 0 aliphatic carbocycles. The monoisotopic (exact) mass is 543 g/mol. The molecule has 0 spiro atoms. The van der Waals surface area contributed by atoms with Gasteiger partial charge in [0.15, 0.2) is 0 Å². The number of alkyl halides is 3. The molecule has 3 aliphatic rings. The van der Waals surface area contributed by atoms with Gasteiger partial charge in [-0.25, -0.2) is 9.97 Å². The fraction of sp³-hybridized carbons (Fsp3) is 0.556. The molecule has 1 aromatic heterocycles. The number of halogens is 3. The summed E-state index contributed by atoms with van der Waals surface area (Å²) in [7, 11) is 0. The molecule has 0 saturated carbocycles. The highest BCUT2D eigenvalue weighted by Gasteiger charge is 2.38. The van der Waals surface area contributed by atoms with Crippen LogP contribution in [0.3, 0.4) is 0 Å². The Hall–Kier alpha value is -3.43. The summed E-state index contributed by atoms with van der Waals surface area (Å²) in [4.78, 5) is 26.6. The number of hydrogen-bond donors (Lipinski definition) is 1. The molecule has 5 rings (SSSR count). The molecule has 1 amide bonds. The van der Waals surface area contributed by atoms with E-state index in [1.165, 1.54) is 0 Å². The summed E-state index contributed by atoms with van der Waals surface area (Å²) in [5.74, 6) is -1.14. The Kier molecular flexibility index (Phi) is 8.18. The van der Waals surface area contributed by atoms with Gasteiger partial charge in [-0.3, -0.25) is 9.69 Å². The highest BCUT2D eigenvalue weighted by molar-refractivity contribution is 5.79. The van der Waals surface area contributed by atoms with Crippen molar-refractivity contribution in [3.05, 3.63) is 47.3 Å². The number of nitriles is 1. The van der Waals surface area contributed by atoms with E-state index in [0.717, 1.165) is 18.7 Å². The lowest BCUT2D eigenvalue weighted by molar-refractivity contribution is -0.144. The van der Waals surface area contributed by atoms with Gasteiger partial charge in [0.1, 0.15) is 11.6 Å². The first-order chi connectivity index (χ1) is 18.8. The van der Waals surface area contributed by atoms with Crippen LogP contribution in [0.4, 0.5) is 24.8 Å². The second kappa shape index (κ2) is 11.8. The second-order valence-corrected chi connectivity index (χ2v) is 10.3. The molecular formula is C27H32F3N7O2. The van der Waals surface area contributed by atoms with Gasteiger partial charge in [0, 0.05) is 51.9 Å². The zero-order valence-corrected chi connectivity index (χ0v) is 21.7. The fourth-order valence-electron chi connectivity index (χ4n) is 5.24. The van der Waals surface area contributed by atoms with E-state index < -0.39 is 12.0 Å². The number of amides is 1. The van der Waals surface area contributed by atoms with Gasteiger partial charge >= 0.3 is 6.18 Å². The van der Waals surface area contributed by atoms with Crippen LogP contribution in [0, 0.1) is 17.2 Å². The molecular weight excluding hydrogens is 511 g/mol. The average molecular weight is 544 g/mol. The highest BCUT2D eigenvalue weighted by Crippen LogP contribution is 2.32. The number of piperidine rings is 1. The zero-order valence-electron chi connectivity index (χ0n) is 21.7. The molecule has 0 unspecified atom stereocenters. The van der Waals surface area contributed by atoms with Crippen LogP contribution in [-0.4, -0.2) is 85.8 Å². The molecule has 3 aliphatic heterocycles. The summed E-state index contributed by atoms with van der Waals surface area (Å²) in [6.45, 7) is 5.31. The number of nitrogens with one attached hydrogen (secondary N) is 1. The van der Waals surface area contributed by atoms with Crippen LogP contribution < -0.4 is 15.1 Å². The minimum absolute atomic E-state index is 0.116. The van der Waals surface area contributed by atoms with Crippen molar-refractivity contribution in [3.8, 4) is 6.07 Å². The molecule has 1 aromatic carbocycles. The minimum Gasteiger partial charge on any atom is -0.378 e. The molecule has 39 heavy (non-hydrogen) atoms. The summed E-state index contributed by atoms with van der Waals surface area (Å²) in [6, 6.07) is 11.3. The lowest BCUT2D eigenvalue weighted by Gasteiger charge is -2.43. The van der Waals surface area contributed by atoms with Crippen molar-refractivity contribution in [2.75, 3.05) is 68.8 Å². The molecule has 2 aromatic rings. The van der Waals surface area contributed by atoms with Gasteiger partial charge in [-0.1, -0.05) is 12.1 Å². The SMILES string of the molecule is N#Cc1ccc(CCNC(=O)[C@@H]2CCCN(c3cc(N4CCN(C5COC5)CC4)nc(C(F)(F)F)n3)C2)cc1. The number of ether oxygens (including phenoxy) is 1. The number of carbonyl (C=O) groups excluding carboxylic acids is 1. The summed E-state index contributed by atoms with van der Waals surface area (Å²) in [5.41, 5.74) is 1.59. The number of aromatic nitrogens is 2. The van der Waals surface area contributed by atoms with E-state index in [-0.39, 0.29) is 23.5 Å². The lowest BCUT2D eigenvalue weighted by atomic mass is 9.97. The van der Waals surface area contributed by atoms with Crippen LogP contribution in [0.2, 0.25) is 0 Å². The predicted molar refractivity (Wildman–Crippen MR) is 138 cm³/mol. The Bertz CT molecular complexity index is 1190. The molecule has 3 saturated heterocycles. The number of anilines is 2. The Morgan fingerprint density at radius 1 is 1.05 bits per heavy atom. The first-order valence-corrected chi connectivity index (χ1v) is 13.3. The second-order valence-electron chi connectivity index (χ2n) is 10.3. The summed E-state index contributed by atoms with van der Waals surface area (Å²) < 4.78 is 46.6. The van der Waals surface area contributed by atoms with Crippen LogP contribution in [0.1, 0.15) is 29.8 Å². The first kappa shape index (κ1) is 27.1. The van der Waals surface area contributed by atoms with Crippen LogP contribution in [0.15, 0.2) is 30.3 Å². The number of carbonyl (C=O) groups is 1. The smallest absolute Gasteiger partial charge is 0.378 e. The molecule has 1 N–H and O–H groups in total. The topological polar surface area (TPSA) is 97.6 Å². The zero-order chi connectivity index (χ0) is 27.4. The number of benzene rings is 1. The Morgan fingerprint density at radius 3 is 2.36 bits per heavy atom. The molecule has 0 bridgehead atoms.